The van der Waals surface area contributed by atoms with Gasteiger partial charge in [0.15, 0.2) is 0 Å². The predicted molar refractivity (Wildman–Crippen MR) is 64.6 cm³/mol. The Bertz CT molecular complexity index is 501. The van der Waals surface area contributed by atoms with Crippen LogP contribution in [0, 0.1) is 6.92 Å². The molecule has 0 aliphatic carbocycles. The standard InChI is InChI=1S/C11H15N3OS/c1-4-8-10(12)11(14(3)13-8)16-9-5-6-15-7(9)2/h5-6H,4,12H2,1-3H3. The SMILES string of the molecule is CCc1nn(C)c(Sc2ccoc2C)c1N. The molecule has 4 nitrogen and oxygen atoms in total. The molecular formula is C11H15N3OS. The monoisotopic (exact) mass is 237 g/mol. The maximum Gasteiger partial charge on any atom is 0.122 e. The zero-order valence-electron chi connectivity index (χ0n) is 9.65. The minimum Gasteiger partial charge on any atom is -0.468 e. The van der Waals surface area contributed by atoms with Crippen molar-refractivity contribution in [2.24, 2.45) is 7.05 Å². The third kappa shape index (κ3) is 1.82. The molecular weight excluding hydrogens is 222 g/mol. The van der Waals surface area contributed by atoms with Crippen molar-refractivity contribution in [2.75, 3.05) is 5.73 Å². The van der Waals surface area contributed by atoms with Crippen molar-refractivity contribution in [1.29, 1.82) is 0 Å². The van der Waals surface area contributed by atoms with Gasteiger partial charge in [-0.15, -0.1) is 0 Å². The zero-order valence-corrected chi connectivity index (χ0v) is 10.5. The number of rotatable bonds is 3. The summed E-state index contributed by atoms with van der Waals surface area (Å²) in [5.41, 5.74) is 7.77. The summed E-state index contributed by atoms with van der Waals surface area (Å²) in [5.74, 6) is 0.906. The lowest BCUT2D eigenvalue weighted by atomic mass is 10.3. The number of furan rings is 1. The normalized spacial score (nSPS) is 10.9. The molecule has 0 saturated heterocycles. The summed E-state index contributed by atoms with van der Waals surface area (Å²) in [6, 6.07) is 1.94. The summed E-state index contributed by atoms with van der Waals surface area (Å²) < 4.78 is 7.08. The smallest absolute Gasteiger partial charge is 0.122 e. The molecule has 2 heterocycles. The molecule has 86 valence electrons. The molecule has 0 aromatic carbocycles. The Morgan fingerprint density at radius 2 is 2.31 bits per heavy atom. The Labute approximate surface area is 98.8 Å². The van der Waals surface area contributed by atoms with Gasteiger partial charge in [0.2, 0.25) is 0 Å². The second-order valence-corrected chi connectivity index (χ2v) is 4.62. The molecule has 0 unspecified atom stereocenters. The van der Waals surface area contributed by atoms with Crippen LogP contribution in [0.5, 0.6) is 0 Å². The van der Waals surface area contributed by atoms with E-state index in [4.69, 9.17) is 10.2 Å². The number of hydrogen-bond donors (Lipinski definition) is 1. The van der Waals surface area contributed by atoms with E-state index in [1.54, 1.807) is 18.0 Å². The van der Waals surface area contributed by atoms with Crippen LogP contribution in [0.15, 0.2) is 26.7 Å². The van der Waals surface area contributed by atoms with Crippen molar-refractivity contribution < 1.29 is 4.42 Å². The Morgan fingerprint density at radius 1 is 1.56 bits per heavy atom. The van der Waals surface area contributed by atoms with Gasteiger partial charge in [-0.25, -0.2) is 0 Å². The molecule has 2 N–H and O–H groups in total. The molecule has 0 atom stereocenters. The fourth-order valence-electron chi connectivity index (χ4n) is 1.54. The number of anilines is 1. The van der Waals surface area contributed by atoms with E-state index in [9.17, 15) is 0 Å². The summed E-state index contributed by atoms with van der Waals surface area (Å²) in [7, 11) is 1.91. The van der Waals surface area contributed by atoms with Gasteiger partial charge >= 0.3 is 0 Å². The number of aromatic nitrogens is 2. The number of nitrogen functional groups attached to an aromatic ring is 1. The molecule has 0 radical (unpaired) electrons. The number of nitrogens with two attached hydrogens (primary N) is 1. The van der Waals surface area contributed by atoms with Crippen molar-refractivity contribution in [3.63, 3.8) is 0 Å². The van der Waals surface area contributed by atoms with Crippen LogP contribution >= 0.6 is 11.8 Å². The lowest BCUT2D eigenvalue weighted by molar-refractivity contribution is 0.526. The minimum absolute atomic E-state index is 0.774. The van der Waals surface area contributed by atoms with E-state index in [0.29, 0.717) is 0 Å². The minimum atomic E-state index is 0.774. The number of hydrogen-bond acceptors (Lipinski definition) is 4. The predicted octanol–water partition coefficient (Wildman–Crippen LogP) is 2.62. The average Bonchev–Trinajstić information content (AvgIpc) is 2.77. The van der Waals surface area contributed by atoms with Crippen LogP contribution in [0.4, 0.5) is 5.69 Å². The molecule has 0 aliphatic heterocycles. The first-order valence-corrected chi connectivity index (χ1v) is 5.98. The highest BCUT2D eigenvalue weighted by atomic mass is 32.2. The van der Waals surface area contributed by atoms with Crippen molar-refractivity contribution in [3.8, 4) is 0 Å². The average molecular weight is 237 g/mol. The Kier molecular flexibility index (Phi) is 2.96. The largest absolute Gasteiger partial charge is 0.468 e. The lowest BCUT2D eigenvalue weighted by Gasteiger charge is -2.01. The van der Waals surface area contributed by atoms with Crippen LogP contribution in [0.25, 0.3) is 0 Å². The summed E-state index contributed by atoms with van der Waals surface area (Å²) in [4.78, 5) is 1.08. The van der Waals surface area contributed by atoms with Crippen LogP contribution in [-0.2, 0) is 13.5 Å². The van der Waals surface area contributed by atoms with Gasteiger partial charge in [-0.1, -0.05) is 18.7 Å². The lowest BCUT2D eigenvalue weighted by Crippen LogP contribution is -1.93. The second kappa shape index (κ2) is 4.25. The van der Waals surface area contributed by atoms with E-state index >= 15 is 0 Å². The third-order valence-corrected chi connectivity index (χ3v) is 3.78. The van der Waals surface area contributed by atoms with Crippen LogP contribution in [0.3, 0.4) is 0 Å². The van der Waals surface area contributed by atoms with E-state index < -0.39 is 0 Å². The summed E-state index contributed by atoms with van der Waals surface area (Å²) >= 11 is 1.59. The van der Waals surface area contributed by atoms with Crippen LogP contribution in [-0.4, -0.2) is 9.78 Å². The summed E-state index contributed by atoms with van der Waals surface area (Å²) in [5, 5.41) is 5.35. The molecule has 0 bridgehead atoms. The first-order chi connectivity index (χ1) is 7.63. The number of aryl methyl sites for hydroxylation is 3. The quantitative estimate of drug-likeness (QED) is 0.891. The molecule has 0 aliphatic rings. The van der Waals surface area contributed by atoms with Gasteiger partial charge in [-0.3, -0.25) is 4.68 Å². The second-order valence-electron chi connectivity index (χ2n) is 3.59. The van der Waals surface area contributed by atoms with Crippen LogP contribution < -0.4 is 5.73 Å². The molecule has 16 heavy (non-hydrogen) atoms. The van der Waals surface area contributed by atoms with Crippen molar-refractivity contribution in [2.45, 2.75) is 30.2 Å². The van der Waals surface area contributed by atoms with Gasteiger partial charge in [0.05, 0.1) is 22.5 Å². The van der Waals surface area contributed by atoms with E-state index in [1.165, 1.54) is 0 Å². The molecule has 2 rings (SSSR count). The molecule has 2 aromatic rings. The first kappa shape index (κ1) is 11.1. The van der Waals surface area contributed by atoms with Crippen molar-refractivity contribution in [3.05, 3.63) is 23.8 Å². The van der Waals surface area contributed by atoms with Gasteiger partial charge < -0.3 is 10.2 Å². The molecule has 2 aromatic heterocycles. The maximum atomic E-state index is 6.05. The third-order valence-electron chi connectivity index (χ3n) is 2.46. The Morgan fingerprint density at radius 3 is 2.81 bits per heavy atom. The molecule has 5 heteroatoms. The summed E-state index contributed by atoms with van der Waals surface area (Å²) in [6.45, 7) is 3.99. The Balaban J connectivity index is 2.35. The summed E-state index contributed by atoms with van der Waals surface area (Å²) in [6.07, 6.45) is 2.54. The van der Waals surface area contributed by atoms with Gasteiger partial charge in [-0.05, 0) is 19.4 Å². The highest BCUT2D eigenvalue weighted by molar-refractivity contribution is 7.99. The number of nitrogens with zero attached hydrogens (tertiary/aromatic N) is 2. The first-order valence-electron chi connectivity index (χ1n) is 5.16. The Hall–Kier alpha value is -1.36. The van der Waals surface area contributed by atoms with E-state index in [0.717, 1.165) is 33.5 Å². The van der Waals surface area contributed by atoms with Crippen molar-refractivity contribution >= 4 is 17.4 Å². The molecule has 0 spiro atoms. The fraction of sp³-hybridized carbons (Fsp3) is 0.364. The van der Waals surface area contributed by atoms with E-state index in [1.807, 2.05) is 24.7 Å². The van der Waals surface area contributed by atoms with E-state index in [-0.39, 0.29) is 0 Å². The van der Waals surface area contributed by atoms with Gasteiger partial charge in [0, 0.05) is 7.05 Å². The van der Waals surface area contributed by atoms with Crippen LogP contribution in [0.2, 0.25) is 0 Å². The molecule has 0 saturated carbocycles. The van der Waals surface area contributed by atoms with Gasteiger partial charge in [-0.2, -0.15) is 5.10 Å². The topological polar surface area (TPSA) is 57.0 Å². The van der Waals surface area contributed by atoms with Gasteiger partial charge in [0.1, 0.15) is 10.8 Å². The van der Waals surface area contributed by atoms with Gasteiger partial charge in [0.25, 0.3) is 0 Å². The maximum absolute atomic E-state index is 6.05. The highest BCUT2D eigenvalue weighted by Gasteiger charge is 2.14. The molecule has 0 amide bonds. The van der Waals surface area contributed by atoms with E-state index in [2.05, 4.69) is 12.0 Å². The van der Waals surface area contributed by atoms with Crippen molar-refractivity contribution in [1.82, 2.24) is 9.78 Å². The highest BCUT2D eigenvalue weighted by Crippen LogP contribution is 2.35. The molecule has 0 fully saturated rings. The van der Waals surface area contributed by atoms with Crippen LogP contribution in [0.1, 0.15) is 18.4 Å². The fourth-order valence-corrected chi connectivity index (χ4v) is 2.47. The zero-order chi connectivity index (χ0) is 11.7.